The normalized spacial score (nSPS) is 17.1. The smallest absolute Gasteiger partial charge is 0.242 e. The van der Waals surface area contributed by atoms with Gasteiger partial charge in [-0.15, -0.1) is 0 Å². The van der Waals surface area contributed by atoms with E-state index in [2.05, 4.69) is 14.6 Å². The van der Waals surface area contributed by atoms with Gasteiger partial charge in [-0.05, 0) is 32.4 Å². The Balaban J connectivity index is 2.21. The van der Waals surface area contributed by atoms with Gasteiger partial charge in [-0.1, -0.05) is 6.92 Å². The molecule has 120 valence electrons. The van der Waals surface area contributed by atoms with Gasteiger partial charge in [-0.3, -0.25) is 0 Å². The van der Waals surface area contributed by atoms with Crippen molar-refractivity contribution in [2.24, 2.45) is 0 Å². The van der Waals surface area contributed by atoms with Crippen molar-refractivity contribution < 1.29 is 13.2 Å². The third kappa shape index (κ3) is 4.06. The summed E-state index contributed by atoms with van der Waals surface area (Å²) in [5, 5.41) is 3.09. The van der Waals surface area contributed by atoms with Gasteiger partial charge >= 0.3 is 0 Å². The minimum Gasteiger partial charge on any atom is -0.383 e. The Labute approximate surface area is 126 Å². The Bertz CT molecular complexity index is 564. The molecular weight excluding hydrogens is 290 g/mol. The number of hydrogen-bond acceptors (Lipinski definition) is 4. The molecule has 0 spiro atoms. The lowest BCUT2D eigenvalue weighted by molar-refractivity contribution is 0.173. The van der Waals surface area contributed by atoms with Gasteiger partial charge in [-0.25, -0.2) is 13.1 Å². The van der Waals surface area contributed by atoms with Crippen LogP contribution in [0.4, 0.5) is 0 Å². The summed E-state index contributed by atoms with van der Waals surface area (Å²) < 4.78 is 34.8. The lowest BCUT2D eigenvalue weighted by Gasteiger charge is -2.15. The number of ether oxygens (including phenoxy) is 1. The minimum absolute atomic E-state index is 0.197. The summed E-state index contributed by atoms with van der Waals surface area (Å²) >= 11 is 0. The lowest BCUT2D eigenvalue weighted by Crippen LogP contribution is -2.37. The number of hydrogen-bond donors (Lipinski definition) is 2. The third-order valence-electron chi connectivity index (χ3n) is 3.70. The van der Waals surface area contributed by atoms with E-state index in [1.165, 1.54) is 0 Å². The van der Waals surface area contributed by atoms with Crippen LogP contribution in [0.3, 0.4) is 0 Å². The van der Waals surface area contributed by atoms with Crippen molar-refractivity contribution in [2.75, 3.05) is 20.8 Å². The highest BCUT2D eigenvalue weighted by Crippen LogP contribution is 2.37. The summed E-state index contributed by atoms with van der Waals surface area (Å²) in [5.41, 5.74) is 1.01. The SMILES string of the molecule is CCC(COC)NS(=O)(=O)c1cc(CNC)n(C2CC2)c1. The van der Waals surface area contributed by atoms with Crippen molar-refractivity contribution >= 4 is 10.0 Å². The molecule has 1 saturated carbocycles. The Morgan fingerprint density at radius 3 is 2.71 bits per heavy atom. The fraction of sp³-hybridized carbons (Fsp3) is 0.714. The van der Waals surface area contributed by atoms with Crippen molar-refractivity contribution in [1.82, 2.24) is 14.6 Å². The molecule has 0 saturated heterocycles. The number of nitrogens with one attached hydrogen (secondary N) is 2. The van der Waals surface area contributed by atoms with E-state index in [0.717, 1.165) is 18.5 Å². The number of rotatable bonds is 9. The molecule has 1 atom stereocenters. The molecule has 0 aromatic carbocycles. The van der Waals surface area contributed by atoms with Gasteiger partial charge in [0, 0.05) is 37.6 Å². The average Bonchev–Trinajstić information content (AvgIpc) is 3.19. The topological polar surface area (TPSA) is 72.4 Å². The van der Waals surface area contributed by atoms with Crippen LogP contribution in [-0.2, 0) is 21.3 Å². The summed E-state index contributed by atoms with van der Waals surface area (Å²) in [6, 6.07) is 2.02. The van der Waals surface area contributed by atoms with E-state index in [1.807, 2.05) is 14.0 Å². The Hall–Kier alpha value is -0.890. The van der Waals surface area contributed by atoms with E-state index in [0.29, 0.717) is 30.5 Å². The fourth-order valence-corrected chi connectivity index (χ4v) is 3.74. The van der Waals surface area contributed by atoms with E-state index in [4.69, 9.17) is 4.74 Å². The first-order valence-corrected chi connectivity index (χ1v) is 8.86. The molecule has 0 aliphatic heterocycles. The summed E-state index contributed by atoms with van der Waals surface area (Å²) in [7, 11) is -0.0597. The molecule has 0 bridgehead atoms. The summed E-state index contributed by atoms with van der Waals surface area (Å²) in [6.45, 7) is 2.98. The zero-order valence-corrected chi connectivity index (χ0v) is 13.7. The van der Waals surface area contributed by atoms with Gasteiger partial charge in [0.15, 0.2) is 0 Å². The molecule has 1 aliphatic rings. The van der Waals surface area contributed by atoms with Crippen molar-refractivity contribution in [3.05, 3.63) is 18.0 Å². The molecular formula is C14H25N3O3S. The number of nitrogens with zero attached hydrogens (tertiary/aromatic N) is 1. The summed E-state index contributed by atoms with van der Waals surface area (Å²) in [6.07, 6.45) is 4.70. The predicted molar refractivity (Wildman–Crippen MR) is 81.7 cm³/mol. The van der Waals surface area contributed by atoms with Crippen molar-refractivity contribution in [2.45, 2.75) is 49.7 Å². The van der Waals surface area contributed by atoms with E-state index < -0.39 is 10.0 Å². The highest BCUT2D eigenvalue weighted by molar-refractivity contribution is 7.89. The highest BCUT2D eigenvalue weighted by Gasteiger charge is 2.28. The zero-order valence-electron chi connectivity index (χ0n) is 12.9. The van der Waals surface area contributed by atoms with Crippen LogP contribution < -0.4 is 10.0 Å². The molecule has 21 heavy (non-hydrogen) atoms. The first-order chi connectivity index (χ1) is 10.0. The molecule has 1 aromatic heterocycles. The molecule has 0 amide bonds. The van der Waals surface area contributed by atoms with Crippen molar-refractivity contribution in [3.63, 3.8) is 0 Å². The maximum absolute atomic E-state index is 12.5. The first-order valence-electron chi connectivity index (χ1n) is 7.38. The van der Waals surface area contributed by atoms with E-state index in [-0.39, 0.29) is 6.04 Å². The maximum Gasteiger partial charge on any atom is 0.242 e. The van der Waals surface area contributed by atoms with Gasteiger partial charge in [0.25, 0.3) is 0 Å². The van der Waals surface area contributed by atoms with Crippen LogP contribution in [0.5, 0.6) is 0 Å². The summed E-state index contributed by atoms with van der Waals surface area (Å²) in [5.74, 6) is 0. The molecule has 1 heterocycles. The van der Waals surface area contributed by atoms with Gasteiger partial charge in [0.05, 0.1) is 11.5 Å². The quantitative estimate of drug-likeness (QED) is 0.719. The van der Waals surface area contributed by atoms with Crippen LogP contribution in [-0.4, -0.2) is 39.8 Å². The fourth-order valence-electron chi connectivity index (χ4n) is 2.38. The Morgan fingerprint density at radius 1 is 1.48 bits per heavy atom. The van der Waals surface area contributed by atoms with Crippen LogP contribution in [0.15, 0.2) is 17.2 Å². The van der Waals surface area contributed by atoms with Crippen LogP contribution in [0.2, 0.25) is 0 Å². The monoisotopic (exact) mass is 315 g/mol. The van der Waals surface area contributed by atoms with E-state index >= 15 is 0 Å². The molecule has 2 rings (SSSR count). The van der Waals surface area contributed by atoms with E-state index in [1.54, 1.807) is 19.4 Å². The van der Waals surface area contributed by atoms with Gasteiger partial charge in [-0.2, -0.15) is 0 Å². The predicted octanol–water partition coefficient (Wildman–Crippen LogP) is 1.25. The third-order valence-corrected chi connectivity index (χ3v) is 5.19. The number of methoxy groups -OCH3 is 1. The molecule has 7 heteroatoms. The second-order valence-corrected chi connectivity index (χ2v) is 7.23. The number of sulfonamides is 1. The molecule has 1 aromatic rings. The second kappa shape index (κ2) is 6.91. The Kier molecular flexibility index (Phi) is 5.43. The average molecular weight is 315 g/mol. The largest absolute Gasteiger partial charge is 0.383 e. The standard InChI is InChI=1S/C14H25N3O3S/c1-4-11(10-20-3)16-21(18,19)14-7-13(8-15-2)17(9-14)12-5-6-12/h7,9,11-12,15-16H,4-6,8,10H2,1-3H3. The first kappa shape index (κ1) is 16.5. The van der Waals surface area contributed by atoms with Gasteiger partial charge in [0.2, 0.25) is 10.0 Å². The molecule has 2 N–H and O–H groups in total. The highest BCUT2D eigenvalue weighted by atomic mass is 32.2. The van der Waals surface area contributed by atoms with Crippen LogP contribution in [0.1, 0.15) is 37.9 Å². The maximum atomic E-state index is 12.5. The molecule has 6 nitrogen and oxygen atoms in total. The Morgan fingerprint density at radius 2 is 2.19 bits per heavy atom. The van der Waals surface area contributed by atoms with Gasteiger partial charge < -0.3 is 14.6 Å². The molecule has 1 unspecified atom stereocenters. The second-order valence-electron chi connectivity index (χ2n) is 5.52. The molecule has 0 radical (unpaired) electrons. The van der Waals surface area contributed by atoms with Gasteiger partial charge in [0.1, 0.15) is 0 Å². The van der Waals surface area contributed by atoms with E-state index in [9.17, 15) is 8.42 Å². The lowest BCUT2D eigenvalue weighted by atomic mass is 10.3. The molecule has 1 fully saturated rings. The van der Waals surface area contributed by atoms with Crippen LogP contribution in [0.25, 0.3) is 0 Å². The summed E-state index contributed by atoms with van der Waals surface area (Å²) in [4.78, 5) is 0.342. The van der Waals surface area contributed by atoms with Crippen molar-refractivity contribution in [1.29, 1.82) is 0 Å². The van der Waals surface area contributed by atoms with Crippen LogP contribution >= 0.6 is 0 Å². The minimum atomic E-state index is -3.50. The zero-order chi connectivity index (χ0) is 15.5. The molecule has 1 aliphatic carbocycles. The van der Waals surface area contributed by atoms with Crippen molar-refractivity contribution in [3.8, 4) is 0 Å². The number of aromatic nitrogens is 1. The van der Waals surface area contributed by atoms with Crippen LogP contribution in [0, 0.1) is 0 Å².